The van der Waals surface area contributed by atoms with E-state index in [4.69, 9.17) is 11.6 Å². The number of carbonyl (C=O) groups is 3. The smallest absolute Gasteiger partial charge is 0.336 e. The van der Waals surface area contributed by atoms with E-state index in [1.165, 1.54) is 11.1 Å². The summed E-state index contributed by atoms with van der Waals surface area (Å²) in [6.45, 7) is 0.221. The highest BCUT2D eigenvalue weighted by Crippen LogP contribution is 2.43. The van der Waals surface area contributed by atoms with Crippen molar-refractivity contribution in [2.75, 3.05) is 19.6 Å². The summed E-state index contributed by atoms with van der Waals surface area (Å²) in [5, 5.41) is -0.200. The Hall–Kier alpha value is -2.62. The molecule has 2 saturated carbocycles. The van der Waals surface area contributed by atoms with Gasteiger partial charge in [0.25, 0.3) is 5.91 Å². The molecule has 11 heteroatoms. The third kappa shape index (κ3) is 3.64. The Bertz CT molecular complexity index is 1140. The number of hydrogen-bond acceptors (Lipinski definition) is 4. The van der Waals surface area contributed by atoms with Crippen LogP contribution in [0.5, 0.6) is 0 Å². The fourth-order valence-electron chi connectivity index (χ4n) is 4.58. The molecule has 7 nitrogen and oxygen atoms in total. The zero-order valence-electron chi connectivity index (χ0n) is 17.0. The van der Waals surface area contributed by atoms with Crippen LogP contribution in [0.25, 0.3) is 5.65 Å². The summed E-state index contributed by atoms with van der Waals surface area (Å²) in [6.07, 6.45) is -0.157. The van der Waals surface area contributed by atoms with E-state index in [-0.39, 0.29) is 54.1 Å². The molecule has 1 atom stereocenters. The summed E-state index contributed by atoms with van der Waals surface area (Å²) in [5.74, 6) is -0.818. The molecule has 3 aliphatic rings. The van der Waals surface area contributed by atoms with Gasteiger partial charge in [0.1, 0.15) is 17.5 Å². The summed E-state index contributed by atoms with van der Waals surface area (Å²) in [7, 11) is 0. The molecule has 5 rings (SSSR count). The number of aromatic nitrogens is 2. The Morgan fingerprint density at radius 1 is 1.16 bits per heavy atom. The van der Waals surface area contributed by atoms with Crippen LogP contribution in [0.3, 0.4) is 0 Å². The second-order valence-electron chi connectivity index (χ2n) is 8.65. The molecule has 0 N–H and O–H groups in total. The van der Waals surface area contributed by atoms with E-state index >= 15 is 0 Å². The molecule has 0 spiro atoms. The van der Waals surface area contributed by atoms with Crippen molar-refractivity contribution in [3.05, 3.63) is 34.2 Å². The highest BCUT2D eigenvalue weighted by atomic mass is 35.5. The Morgan fingerprint density at radius 3 is 2.50 bits per heavy atom. The van der Waals surface area contributed by atoms with Gasteiger partial charge in [-0.1, -0.05) is 11.6 Å². The van der Waals surface area contributed by atoms with E-state index in [9.17, 15) is 27.6 Å². The number of ketones is 1. The first-order valence-corrected chi connectivity index (χ1v) is 10.9. The first-order chi connectivity index (χ1) is 15.1. The maximum absolute atomic E-state index is 13.7. The van der Waals surface area contributed by atoms with E-state index in [1.807, 2.05) is 0 Å². The monoisotopic (exact) mass is 468 g/mol. The quantitative estimate of drug-likeness (QED) is 0.693. The lowest BCUT2D eigenvalue weighted by Gasteiger charge is -2.37. The Balaban J connectivity index is 1.43. The molecule has 1 unspecified atom stereocenters. The highest BCUT2D eigenvalue weighted by molar-refractivity contribution is 6.33. The van der Waals surface area contributed by atoms with Gasteiger partial charge in [0, 0.05) is 38.2 Å². The molecular formula is C21H20ClF3N4O3. The molecule has 1 aliphatic heterocycles. The highest BCUT2D eigenvalue weighted by Gasteiger charge is 2.39. The number of amides is 2. The number of alkyl halides is 3. The lowest BCUT2D eigenvalue weighted by Crippen LogP contribution is -2.55. The van der Waals surface area contributed by atoms with Gasteiger partial charge in [-0.25, -0.2) is 4.98 Å². The molecule has 3 fully saturated rings. The number of carbonyl (C=O) groups excluding carboxylic acids is 3. The Morgan fingerprint density at radius 2 is 1.91 bits per heavy atom. The van der Waals surface area contributed by atoms with Crippen LogP contribution in [0.2, 0.25) is 5.15 Å². The topological polar surface area (TPSA) is 75.0 Å². The van der Waals surface area contributed by atoms with Gasteiger partial charge in [-0.05, 0) is 36.8 Å². The predicted octanol–water partition coefficient (Wildman–Crippen LogP) is 3.29. The molecule has 2 aromatic heterocycles. The summed E-state index contributed by atoms with van der Waals surface area (Å²) in [5.41, 5.74) is -1.15. The molecule has 2 aliphatic carbocycles. The van der Waals surface area contributed by atoms with Gasteiger partial charge < -0.3 is 9.80 Å². The van der Waals surface area contributed by atoms with Crippen LogP contribution in [0.4, 0.5) is 13.2 Å². The van der Waals surface area contributed by atoms with Crippen molar-refractivity contribution in [1.82, 2.24) is 19.2 Å². The zero-order chi connectivity index (χ0) is 22.8. The second kappa shape index (κ2) is 7.47. The molecule has 2 amide bonds. The minimum Gasteiger partial charge on any atom is -0.336 e. The van der Waals surface area contributed by atoms with Gasteiger partial charge in [-0.3, -0.25) is 18.8 Å². The van der Waals surface area contributed by atoms with Crippen LogP contribution < -0.4 is 0 Å². The number of fused-ring (bicyclic) bond motifs is 1. The predicted molar refractivity (Wildman–Crippen MR) is 107 cm³/mol. The van der Waals surface area contributed by atoms with Crippen LogP contribution in [-0.2, 0) is 15.8 Å². The molecule has 3 heterocycles. The van der Waals surface area contributed by atoms with Gasteiger partial charge >= 0.3 is 6.18 Å². The Kier molecular flexibility index (Phi) is 4.96. The summed E-state index contributed by atoms with van der Waals surface area (Å²) in [4.78, 5) is 44.0. The zero-order valence-corrected chi connectivity index (χ0v) is 17.7. The third-order valence-corrected chi connectivity index (χ3v) is 6.81. The van der Waals surface area contributed by atoms with E-state index in [0.717, 1.165) is 23.3 Å². The second-order valence-corrected chi connectivity index (χ2v) is 9.01. The van der Waals surface area contributed by atoms with Gasteiger partial charge in [-0.15, -0.1) is 0 Å². The number of Topliss-reactive ketones (excluding diaryl/α,β-unsaturated/α-hetero) is 1. The molecule has 1 saturated heterocycles. The third-order valence-electron chi connectivity index (χ3n) is 6.44. The van der Waals surface area contributed by atoms with Crippen molar-refractivity contribution >= 4 is 34.8 Å². The average Bonchev–Trinajstić information content (AvgIpc) is 3.42. The van der Waals surface area contributed by atoms with E-state index in [0.29, 0.717) is 24.8 Å². The molecule has 0 bridgehead atoms. The molecule has 32 heavy (non-hydrogen) atoms. The minimum atomic E-state index is -4.65. The summed E-state index contributed by atoms with van der Waals surface area (Å²) < 4.78 is 42.2. The van der Waals surface area contributed by atoms with Crippen molar-refractivity contribution in [3.63, 3.8) is 0 Å². The van der Waals surface area contributed by atoms with Crippen LogP contribution in [-0.4, -0.2) is 62.5 Å². The fraction of sp³-hybridized carbons (Fsp3) is 0.524. The van der Waals surface area contributed by atoms with Crippen LogP contribution in [0.1, 0.15) is 59.6 Å². The van der Waals surface area contributed by atoms with E-state index < -0.39 is 23.3 Å². The average molecular weight is 469 g/mol. The van der Waals surface area contributed by atoms with Crippen LogP contribution in [0.15, 0.2) is 12.3 Å². The molecule has 0 aromatic carbocycles. The maximum atomic E-state index is 13.7. The van der Waals surface area contributed by atoms with Crippen LogP contribution in [0, 0.1) is 0 Å². The number of rotatable bonds is 3. The lowest BCUT2D eigenvalue weighted by molar-refractivity contribution is -0.138. The van der Waals surface area contributed by atoms with Crippen molar-refractivity contribution < 1.29 is 27.6 Å². The number of pyridine rings is 1. The summed E-state index contributed by atoms with van der Waals surface area (Å²) >= 11 is 6.33. The molecule has 2 aromatic rings. The first-order valence-electron chi connectivity index (χ1n) is 10.5. The molecule has 170 valence electrons. The molecular weight excluding hydrogens is 449 g/mol. The van der Waals surface area contributed by atoms with E-state index in [2.05, 4.69) is 4.98 Å². The Labute approximate surface area is 186 Å². The normalized spacial score (nSPS) is 22.3. The first kappa shape index (κ1) is 21.2. The number of nitrogens with zero attached hydrogens (tertiary/aromatic N) is 4. The lowest BCUT2D eigenvalue weighted by atomic mass is 10.1. The standard InChI is InChI=1S/C21H20ClF3N4O3/c22-18-17(20(32)27-5-6-28(16(31)10-27)13-3-4-14(30)8-13)26-19-15(21(23,24)25)7-12(9-29(18)19)11-1-2-11/h7,9,11,13H,1-6,8,10H2. The maximum Gasteiger partial charge on any atom is 0.419 e. The molecule has 0 radical (unpaired) electrons. The van der Waals surface area contributed by atoms with E-state index in [1.54, 1.807) is 4.90 Å². The fourth-order valence-corrected chi connectivity index (χ4v) is 4.83. The number of hydrogen-bond donors (Lipinski definition) is 0. The largest absolute Gasteiger partial charge is 0.419 e. The minimum absolute atomic E-state index is 0.0475. The van der Waals surface area contributed by atoms with Crippen molar-refractivity contribution in [2.24, 2.45) is 0 Å². The summed E-state index contributed by atoms with van der Waals surface area (Å²) in [6, 6.07) is 0.927. The van der Waals surface area contributed by atoms with Crippen LogP contribution >= 0.6 is 11.6 Å². The van der Waals surface area contributed by atoms with Gasteiger partial charge in [0.15, 0.2) is 11.3 Å². The number of piperazine rings is 1. The van der Waals surface area contributed by atoms with Crippen molar-refractivity contribution in [1.29, 1.82) is 0 Å². The van der Waals surface area contributed by atoms with Gasteiger partial charge in [0.05, 0.1) is 5.56 Å². The van der Waals surface area contributed by atoms with Crippen molar-refractivity contribution in [2.45, 2.75) is 50.2 Å². The number of imidazole rings is 1. The SMILES string of the molecule is O=C1CCC(N2CCN(C(=O)c3nc4c(C(F)(F)F)cc(C5CC5)cn4c3Cl)CC2=O)C1. The number of halogens is 4. The van der Waals surface area contributed by atoms with Gasteiger partial charge in [-0.2, -0.15) is 13.2 Å². The van der Waals surface area contributed by atoms with Gasteiger partial charge in [0.2, 0.25) is 5.91 Å². The van der Waals surface area contributed by atoms with Crippen molar-refractivity contribution in [3.8, 4) is 0 Å².